The summed E-state index contributed by atoms with van der Waals surface area (Å²) in [5.74, 6) is -1.83. The van der Waals surface area contributed by atoms with Gasteiger partial charge in [0, 0.05) is 10.0 Å². The first-order chi connectivity index (χ1) is 6.92. The smallest absolute Gasteiger partial charge is 0.159 e. The van der Waals surface area contributed by atoms with Gasteiger partial charge in [0.25, 0.3) is 0 Å². The van der Waals surface area contributed by atoms with E-state index in [0.29, 0.717) is 22.9 Å². The van der Waals surface area contributed by atoms with E-state index in [4.69, 9.17) is 5.73 Å². The Morgan fingerprint density at radius 1 is 1.33 bits per heavy atom. The van der Waals surface area contributed by atoms with Gasteiger partial charge in [0.1, 0.15) is 0 Å². The molecule has 1 aromatic carbocycles. The fraction of sp³-hybridized carbons (Fsp3) is 0.400. The molecule has 3 N–H and O–H groups in total. The van der Waals surface area contributed by atoms with Gasteiger partial charge in [0.2, 0.25) is 0 Å². The monoisotopic (exact) mass is 277 g/mol. The lowest BCUT2D eigenvalue weighted by molar-refractivity contribution is 0.0204. The first-order valence-corrected chi connectivity index (χ1v) is 5.34. The summed E-state index contributed by atoms with van der Waals surface area (Å²) in [6, 6.07) is 2.15. The highest BCUT2D eigenvalue weighted by Gasteiger charge is 2.42. The van der Waals surface area contributed by atoms with Gasteiger partial charge in [0.15, 0.2) is 11.6 Å². The molecular weight excluding hydrogens is 268 g/mol. The molecule has 5 heteroatoms. The van der Waals surface area contributed by atoms with Crippen LogP contribution in [0, 0.1) is 11.6 Å². The molecule has 0 unspecified atom stereocenters. The van der Waals surface area contributed by atoms with Crippen molar-refractivity contribution in [2.75, 3.05) is 0 Å². The summed E-state index contributed by atoms with van der Waals surface area (Å²) in [5, 5.41) is 9.20. The first-order valence-electron chi connectivity index (χ1n) is 4.54. The third-order valence-corrected chi connectivity index (χ3v) is 3.40. The van der Waals surface area contributed by atoms with E-state index in [9.17, 15) is 13.9 Å². The van der Waals surface area contributed by atoms with Crippen molar-refractivity contribution in [3.05, 3.63) is 33.8 Å². The summed E-state index contributed by atoms with van der Waals surface area (Å²) in [6.07, 6.45) is 0.294. The maximum absolute atomic E-state index is 13.0. The summed E-state index contributed by atoms with van der Waals surface area (Å²) in [5.41, 5.74) is 5.72. The molecule has 1 aliphatic rings. The van der Waals surface area contributed by atoms with Gasteiger partial charge in [-0.15, -0.1) is 0 Å². The third-order valence-electron chi connectivity index (χ3n) is 2.75. The van der Waals surface area contributed by atoms with Gasteiger partial charge in [-0.1, -0.05) is 15.9 Å². The Labute approximate surface area is 94.2 Å². The van der Waals surface area contributed by atoms with E-state index in [1.165, 1.54) is 0 Å². The van der Waals surface area contributed by atoms with Crippen LogP contribution in [0.1, 0.15) is 18.4 Å². The van der Waals surface area contributed by atoms with Crippen molar-refractivity contribution in [1.82, 2.24) is 0 Å². The average Bonchev–Trinajstić information content (AvgIpc) is 2.08. The van der Waals surface area contributed by atoms with E-state index in [-0.39, 0.29) is 0 Å². The molecule has 0 bridgehead atoms. The van der Waals surface area contributed by atoms with Crippen LogP contribution >= 0.6 is 15.9 Å². The summed E-state index contributed by atoms with van der Waals surface area (Å²) in [7, 11) is 0. The molecule has 2 rings (SSSR count). The second-order valence-corrected chi connectivity index (χ2v) is 4.82. The van der Waals surface area contributed by atoms with Crippen LogP contribution in [-0.2, 0) is 5.54 Å². The van der Waals surface area contributed by atoms with Gasteiger partial charge in [-0.25, -0.2) is 8.78 Å². The van der Waals surface area contributed by atoms with Crippen molar-refractivity contribution >= 4 is 15.9 Å². The molecule has 0 saturated heterocycles. The summed E-state index contributed by atoms with van der Waals surface area (Å²) < 4.78 is 26.3. The minimum atomic E-state index is -0.917. The largest absolute Gasteiger partial charge is 0.393 e. The highest BCUT2D eigenvalue weighted by atomic mass is 79.9. The molecule has 0 heterocycles. The van der Waals surface area contributed by atoms with Gasteiger partial charge in [0.05, 0.1) is 6.10 Å². The second-order valence-electron chi connectivity index (χ2n) is 3.96. The van der Waals surface area contributed by atoms with Gasteiger partial charge < -0.3 is 10.8 Å². The molecule has 0 amide bonds. The third kappa shape index (κ3) is 1.79. The number of benzene rings is 1. The van der Waals surface area contributed by atoms with Crippen molar-refractivity contribution in [2.45, 2.75) is 24.5 Å². The number of rotatable bonds is 1. The van der Waals surface area contributed by atoms with Crippen LogP contribution in [0.15, 0.2) is 16.6 Å². The fourth-order valence-corrected chi connectivity index (χ4v) is 2.62. The Kier molecular flexibility index (Phi) is 2.56. The van der Waals surface area contributed by atoms with E-state index in [1.807, 2.05) is 0 Å². The molecule has 2 nitrogen and oxygen atoms in total. The second kappa shape index (κ2) is 3.50. The van der Waals surface area contributed by atoms with Crippen molar-refractivity contribution in [1.29, 1.82) is 0 Å². The lowest BCUT2D eigenvalue weighted by atomic mass is 9.70. The Morgan fingerprint density at radius 3 is 2.40 bits per heavy atom. The summed E-state index contributed by atoms with van der Waals surface area (Å²) in [6.45, 7) is 0. The van der Waals surface area contributed by atoms with Crippen molar-refractivity contribution in [3.8, 4) is 0 Å². The lowest BCUT2D eigenvalue weighted by Gasteiger charge is -2.43. The average molecular weight is 278 g/mol. The van der Waals surface area contributed by atoms with E-state index in [2.05, 4.69) is 15.9 Å². The lowest BCUT2D eigenvalue weighted by Crippen LogP contribution is -2.51. The molecule has 15 heavy (non-hydrogen) atoms. The van der Waals surface area contributed by atoms with E-state index in [1.54, 1.807) is 0 Å². The predicted molar refractivity (Wildman–Crippen MR) is 55.2 cm³/mol. The van der Waals surface area contributed by atoms with Crippen LogP contribution < -0.4 is 5.73 Å². The molecule has 0 radical (unpaired) electrons. The normalized spacial score (nSPS) is 30.1. The van der Waals surface area contributed by atoms with Gasteiger partial charge in [-0.2, -0.15) is 0 Å². The van der Waals surface area contributed by atoms with Crippen molar-refractivity contribution in [2.24, 2.45) is 5.73 Å². The number of hydrogen-bond acceptors (Lipinski definition) is 2. The number of nitrogens with two attached hydrogens (primary N) is 1. The van der Waals surface area contributed by atoms with Crippen LogP contribution in [-0.4, -0.2) is 11.2 Å². The standard InChI is InChI=1S/C10H10BrF2NO/c11-7-2-9(13)8(12)1-6(7)10(14)3-5(15)4-10/h1-2,5,15H,3-4,14H2. The number of aliphatic hydroxyl groups excluding tert-OH is 1. The van der Waals surface area contributed by atoms with Crippen LogP contribution in [0.3, 0.4) is 0 Å². The Bertz CT molecular complexity index is 405. The maximum atomic E-state index is 13.0. The minimum absolute atomic E-state index is 0.372. The number of halogens is 3. The Hall–Kier alpha value is -0.520. The van der Waals surface area contributed by atoms with E-state index in [0.717, 1.165) is 12.1 Å². The van der Waals surface area contributed by atoms with Crippen molar-refractivity contribution < 1.29 is 13.9 Å². The molecule has 0 atom stereocenters. The number of hydrogen-bond donors (Lipinski definition) is 2. The van der Waals surface area contributed by atoms with Crippen LogP contribution in [0.4, 0.5) is 8.78 Å². The quantitative estimate of drug-likeness (QED) is 0.772. The first kappa shape index (κ1) is 11.0. The Morgan fingerprint density at radius 2 is 1.87 bits per heavy atom. The maximum Gasteiger partial charge on any atom is 0.159 e. The molecule has 0 aromatic heterocycles. The molecule has 82 valence electrons. The zero-order valence-corrected chi connectivity index (χ0v) is 9.39. The van der Waals surface area contributed by atoms with Crippen LogP contribution in [0.25, 0.3) is 0 Å². The van der Waals surface area contributed by atoms with Crippen molar-refractivity contribution in [3.63, 3.8) is 0 Å². The molecule has 0 aliphatic heterocycles. The SMILES string of the molecule is NC1(c2cc(F)c(F)cc2Br)CC(O)C1. The highest BCUT2D eigenvalue weighted by molar-refractivity contribution is 9.10. The summed E-state index contributed by atoms with van der Waals surface area (Å²) in [4.78, 5) is 0. The van der Waals surface area contributed by atoms with Gasteiger partial charge in [-0.05, 0) is 30.5 Å². The molecule has 1 fully saturated rings. The molecule has 1 aliphatic carbocycles. The Balaban J connectivity index is 2.41. The minimum Gasteiger partial charge on any atom is -0.393 e. The predicted octanol–water partition coefficient (Wildman–Crippen LogP) is 2.04. The van der Waals surface area contributed by atoms with Crippen LogP contribution in [0.5, 0.6) is 0 Å². The highest BCUT2D eigenvalue weighted by Crippen LogP contribution is 2.42. The fourth-order valence-electron chi connectivity index (χ4n) is 1.91. The zero-order valence-electron chi connectivity index (χ0n) is 7.80. The zero-order chi connectivity index (χ0) is 11.2. The number of aliphatic hydroxyl groups is 1. The van der Waals surface area contributed by atoms with E-state index >= 15 is 0 Å². The molecule has 1 aromatic rings. The molecule has 1 saturated carbocycles. The van der Waals surface area contributed by atoms with Gasteiger partial charge >= 0.3 is 0 Å². The van der Waals surface area contributed by atoms with E-state index < -0.39 is 23.3 Å². The topological polar surface area (TPSA) is 46.2 Å². The van der Waals surface area contributed by atoms with Crippen LogP contribution in [0.2, 0.25) is 0 Å². The molecular formula is C10H10BrF2NO. The summed E-state index contributed by atoms with van der Waals surface area (Å²) >= 11 is 3.14. The molecule has 0 spiro atoms. The van der Waals surface area contributed by atoms with Gasteiger partial charge in [-0.3, -0.25) is 0 Å².